The molecule has 1 unspecified atom stereocenters. The fourth-order valence-electron chi connectivity index (χ4n) is 3.40. The third-order valence-corrected chi connectivity index (χ3v) is 5.91. The summed E-state index contributed by atoms with van der Waals surface area (Å²) in [7, 11) is 0.686. The Morgan fingerprint density at radius 2 is 1.96 bits per heavy atom. The summed E-state index contributed by atoms with van der Waals surface area (Å²) < 4.78 is 29.5. The van der Waals surface area contributed by atoms with E-state index in [9.17, 15) is 8.42 Å². The van der Waals surface area contributed by atoms with Gasteiger partial charge in [0.2, 0.25) is 0 Å². The molecule has 1 aliphatic heterocycles. The quantitative estimate of drug-likeness (QED) is 0.594. The van der Waals surface area contributed by atoms with Gasteiger partial charge in [-0.2, -0.15) is 8.42 Å². The maximum absolute atomic E-state index is 12.1. The summed E-state index contributed by atoms with van der Waals surface area (Å²) in [5, 5.41) is 0. The van der Waals surface area contributed by atoms with E-state index in [1.807, 2.05) is 30.3 Å². The lowest BCUT2D eigenvalue weighted by atomic mass is 9.99. The second kappa shape index (κ2) is 10.3. The van der Waals surface area contributed by atoms with Crippen LogP contribution >= 0.6 is 0 Å². The second-order valence-electron chi connectivity index (χ2n) is 7.14. The van der Waals surface area contributed by atoms with Gasteiger partial charge in [-0.3, -0.25) is 4.18 Å². The first-order valence-corrected chi connectivity index (χ1v) is 10.8. The van der Waals surface area contributed by atoms with Crippen LogP contribution in [0.4, 0.5) is 0 Å². The van der Waals surface area contributed by atoms with Crippen LogP contribution in [0.1, 0.15) is 37.7 Å². The van der Waals surface area contributed by atoms with Crippen molar-refractivity contribution in [1.29, 1.82) is 0 Å². The maximum atomic E-state index is 12.1. The van der Waals surface area contributed by atoms with Gasteiger partial charge in [0.15, 0.2) is 0 Å². The summed E-state index contributed by atoms with van der Waals surface area (Å²) in [6.07, 6.45) is 5.55. The number of benzene rings is 1. The number of hydrogen-bond acceptors (Lipinski definition) is 5. The molecule has 1 heterocycles. The molecule has 1 aromatic carbocycles. The van der Waals surface area contributed by atoms with Crippen LogP contribution < -0.4 is 0 Å². The van der Waals surface area contributed by atoms with Crippen LogP contribution in [0.5, 0.6) is 0 Å². The highest BCUT2D eigenvalue weighted by Crippen LogP contribution is 2.20. The number of hydrogen-bond donors (Lipinski definition) is 0. The summed E-state index contributed by atoms with van der Waals surface area (Å²) in [6.45, 7) is 3.57. The van der Waals surface area contributed by atoms with Crippen molar-refractivity contribution in [2.24, 2.45) is 0 Å². The van der Waals surface area contributed by atoms with E-state index in [2.05, 4.69) is 23.9 Å². The van der Waals surface area contributed by atoms with E-state index < -0.39 is 10.1 Å². The molecule has 1 atom stereocenters. The molecule has 0 bridgehead atoms. The number of nitrogens with zero attached hydrogens (tertiary/aromatic N) is 2. The molecule has 0 radical (unpaired) electrons. The van der Waals surface area contributed by atoms with Crippen molar-refractivity contribution in [2.45, 2.75) is 43.9 Å². The van der Waals surface area contributed by atoms with Crippen molar-refractivity contribution in [2.75, 3.05) is 40.3 Å². The Bertz CT molecular complexity index is 590. The normalized spacial score (nSPS) is 19.4. The monoisotopic (exact) mass is 368 g/mol. The Kier molecular flexibility index (Phi) is 8.36. The lowest BCUT2D eigenvalue weighted by molar-refractivity contribution is 0.120. The van der Waals surface area contributed by atoms with Gasteiger partial charge in [-0.05, 0) is 65.0 Å². The molecule has 2 rings (SSSR count). The first-order chi connectivity index (χ1) is 12.0. The van der Waals surface area contributed by atoms with Gasteiger partial charge in [0.25, 0.3) is 10.1 Å². The molecule has 0 aliphatic carbocycles. The lowest BCUT2D eigenvalue weighted by Gasteiger charge is -2.36. The molecule has 0 saturated carbocycles. The largest absolute Gasteiger partial charge is 0.309 e. The Hall–Kier alpha value is -0.950. The molecule has 6 heteroatoms. The smallest absolute Gasteiger partial charge is 0.271 e. The van der Waals surface area contributed by atoms with Gasteiger partial charge in [-0.25, -0.2) is 0 Å². The van der Waals surface area contributed by atoms with Gasteiger partial charge >= 0.3 is 0 Å². The molecule has 0 spiro atoms. The molecular formula is C19H32N2O3S. The summed E-state index contributed by atoms with van der Waals surface area (Å²) >= 11 is 0. The van der Waals surface area contributed by atoms with E-state index in [1.165, 1.54) is 12.8 Å². The van der Waals surface area contributed by atoms with Gasteiger partial charge < -0.3 is 9.80 Å². The van der Waals surface area contributed by atoms with Crippen LogP contribution in [-0.2, 0) is 20.1 Å². The molecule has 1 fully saturated rings. The SMILES string of the molecule is CN(C)CCCN1CCCCC1CCOS(=O)(=O)Cc1ccccc1. The van der Waals surface area contributed by atoms with Crippen LogP contribution in [0.3, 0.4) is 0 Å². The Balaban J connectivity index is 1.76. The highest BCUT2D eigenvalue weighted by atomic mass is 32.2. The standard InChI is InChI=1S/C19H32N2O3S/c1-20(2)13-8-15-21-14-7-6-11-19(21)12-16-24-25(22,23)17-18-9-4-3-5-10-18/h3-5,9-10,19H,6-8,11-17H2,1-2H3. The number of rotatable bonds is 10. The first-order valence-electron chi connectivity index (χ1n) is 9.26. The van der Waals surface area contributed by atoms with Crippen LogP contribution in [0.25, 0.3) is 0 Å². The molecule has 0 N–H and O–H groups in total. The second-order valence-corrected chi connectivity index (χ2v) is 8.78. The zero-order valence-corrected chi connectivity index (χ0v) is 16.4. The predicted molar refractivity (Wildman–Crippen MR) is 102 cm³/mol. The topological polar surface area (TPSA) is 49.9 Å². The van der Waals surface area contributed by atoms with E-state index >= 15 is 0 Å². The van der Waals surface area contributed by atoms with Crippen LogP contribution in [-0.4, -0.2) is 64.6 Å². The summed E-state index contributed by atoms with van der Waals surface area (Å²) in [4.78, 5) is 4.72. The van der Waals surface area contributed by atoms with Gasteiger partial charge in [0.1, 0.15) is 5.75 Å². The van der Waals surface area contributed by atoms with Crippen molar-refractivity contribution < 1.29 is 12.6 Å². The van der Waals surface area contributed by atoms with Crippen molar-refractivity contribution in [3.63, 3.8) is 0 Å². The van der Waals surface area contributed by atoms with E-state index in [4.69, 9.17) is 4.18 Å². The lowest BCUT2D eigenvalue weighted by Crippen LogP contribution is -2.41. The van der Waals surface area contributed by atoms with Crippen molar-refractivity contribution in [3.05, 3.63) is 35.9 Å². The van der Waals surface area contributed by atoms with Crippen molar-refractivity contribution >= 4 is 10.1 Å². The average molecular weight is 369 g/mol. The van der Waals surface area contributed by atoms with E-state index in [0.717, 1.165) is 44.5 Å². The number of likely N-dealkylation sites (tertiary alicyclic amines) is 1. The van der Waals surface area contributed by atoms with Gasteiger partial charge in [-0.1, -0.05) is 36.8 Å². The molecule has 25 heavy (non-hydrogen) atoms. The average Bonchev–Trinajstić information content (AvgIpc) is 2.56. The molecule has 1 aliphatic rings. The van der Waals surface area contributed by atoms with Crippen LogP contribution in [0, 0.1) is 0 Å². The molecule has 142 valence electrons. The van der Waals surface area contributed by atoms with Crippen molar-refractivity contribution in [3.8, 4) is 0 Å². The third-order valence-electron chi connectivity index (χ3n) is 4.70. The third kappa shape index (κ3) is 7.86. The molecule has 1 saturated heterocycles. The highest BCUT2D eigenvalue weighted by molar-refractivity contribution is 7.85. The summed E-state index contributed by atoms with van der Waals surface area (Å²) in [5.74, 6) is -0.0505. The summed E-state index contributed by atoms with van der Waals surface area (Å²) in [6, 6.07) is 9.65. The zero-order valence-electron chi connectivity index (χ0n) is 15.6. The maximum Gasteiger partial charge on any atom is 0.271 e. The van der Waals surface area contributed by atoms with E-state index in [-0.39, 0.29) is 12.4 Å². The fraction of sp³-hybridized carbons (Fsp3) is 0.684. The molecule has 0 aromatic heterocycles. The van der Waals surface area contributed by atoms with Gasteiger partial charge in [-0.15, -0.1) is 0 Å². The molecule has 5 nitrogen and oxygen atoms in total. The summed E-state index contributed by atoms with van der Waals surface area (Å²) in [5.41, 5.74) is 0.769. The van der Waals surface area contributed by atoms with Gasteiger partial charge in [0.05, 0.1) is 6.61 Å². The minimum atomic E-state index is -3.51. The van der Waals surface area contributed by atoms with E-state index in [1.54, 1.807) is 0 Å². The van der Waals surface area contributed by atoms with E-state index in [0.29, 0.717) is 6.04 Å². The van der Waals surface area contributed by atoms with Crippen LogP contribution in [0.2, 0.25) is 0 Å². The number of piperidine rings is 1. The Labute approximate surface area is 153 Å². The predicted octanol–water partition coefficient (Wildman–Crippen LogP) is 2.73. The zero-order chi connectivity index (χ0) is 18.1. The van der Waals surface area contributed by atoms with Gasteiger partial charge in [0, 0.05) is 6.04 Å². The molecule has 0 amide bonds. The first kappa shape index (κ1) is 20.4. The Morgan fingerprint density at radius 3 is 2.68 bits per heavy atom. The minimum absolute atomic E-state index is 0.0505. The molecular weight excluding hydrogens is 336 g/mol. The fourth-order valence-corrected chi connectivity index (χ4v) is 4.44. The molecule has 1 aromatic rings. The van der Waals surface area contributed by atoms with Crippen LogP contribution in [0.15, 0.2) is 30.3 Å². The minimum Gasteiger partial charge on any atom is -0.309 e. The Morgan fingerprint density at radius 1 is 1.20 bits per heavy atom. The van der Waals surface area contributed by atoms with Crippen molar-refractivity contribution in [1.82, 2.24) is 9.80 Å². The highest BCUT2D eigenvalue weighted by Gasteiger charge is 2.22.